The van der Waals surface area contributed by atoms with Crippen molar-refractivity contribution in [2.24, 2.45) is 0 Å². The minimum atomic E-state index is 0.884. The zero-order chi connectivity index (χ0) is 14.8. The lowest BCUT2D eigenvalue weighted by Gasteiger charge is -2.32. The molecule has 0 atom stereocenters. The van der Waals surface area contributed by atoms with Crippen LogP contribution in [0, 0.1) is 0 Å². The van der Waals surface area contributed by atoms with Crippen LogP contribution in [0.1, 0.15) is 24.1 Å². The Hall–Kier alpha value is -1.94. The average Bonchev–Trinajstić information content (AvgIpc) is 2.62. The van der Waals surface area contributed by atoms with E-state index >= 15 is 0 Å². The molecule has 0 amide bonds. The van der Waals surface area contributed by atoms with E-state index in [1.54, 1.807) is 0 Å². The normalized spacial score (nSPS) is 18.1. The van der Waals surface area contributed by atoms with Crippen LogP contribution in [0.4, 0.5) is 5.82 Å². The fraction of sp³-hybridized carbons (Fsp3) is 0.444. The van der Waals surface area contributed by atoms with Crippen LogP contribution in [0.15, 0.2) is 30.3 Å². The van der Waals surface area contributed by atoms with E-state index in [-0.39, 0.29) is 0 Å². The molecule has 2 aliphatic rings. The van der Waals surface area contributed by atoms with Gasteiger partial charge in [0.2, 0.25) is 0 Å². The Bertz CT molecular complexity index is 648. The first kappa shape index (κ1) is 13.7. The summed E-state index contributed by atoms with van der Waals surface area (Å²) in [7, 11) is 0. The molecule has 2 heterocycles. The fourth-order valence-corrected chi connectivity index (χ4v) is 3.43. The zero-order valence-electron chi connectivity index (χ0n) is 12.9. The third-order valence-corrected chi connectivity index (χ3v) is 4.61. The van der Waals surface area contributed by atoms with Gasteiger partial charge in [0.05, 0.1) is 0 Å². The number of aryl methyl sites for hydroxylation is 1. The lowest BCUT2D eigenvalue weighted by molar-refractivity contribution is 0.577. The summed E-state index contributed by atoms with van der Waals surface area (Å²) in [4.78, 5) is 12.3. The van der Waals surface area contributed by atoms with Crippen LogP contribution < -0.4 is 10.2 Å². The fourth-order valence-electron chi connectivity index (χ4n) is 3.43. The van der Waals surface area contributed by atoms with E-state index in [1.165, 1.54) is 29.9 Å². The highest BCUT2D eigenvalue weighted by molar-refractivity contribution is 5.61. The first-order valence-electron chi connectivity index (χ1n) is 8.33. The monoisotopic (exact) mass is 294 g/mol. The number of piperazine rings is 1. The summed E-state index contributed by atoms with van der Waals surface area (Å²) in [6, 6.07) is 10.4. The van der Waals surface area contributed by atoms with Crippen molar-refractivity contribution in [3.8, 4) is 11.4 Å². The second kappa shape index (κ2) is 6.05. The summed E-state index contributed by atoms with van der Waals surface area (Å²) in [6.45, 7) is 4.16. The third kappa shape index (κ3) is 2.59. The van der Waals surface area contributed by atoms with Gasteiger partial charge in [0.1, 0.15) is 5.82 Å². The topological polar surface area (TPSA) is 41.1 Å². The van der Waals surface area contributed by atoms with Crippen LogP contribution in [0.3, 0.4) is 0 Å². The van der Waals surface area contributed by atoms with E-state index in [0.717, 1.165) is 50.4 Å². The maximum Gasteiger partial charge on any atom is 0.161 e. The lowest BCUT2D eigenvalue weighted by Crippen LogP contribution is -2.44. The minimum absolute atomic E-state index is 0.884. The summed E-state index contributed by atoms with van der Waals surface area (Å²) >= 11 is 0. The van der Waals surface area contributed by atoms with Crippen molar-refractivity contribution in [1.82, 2.24) is 15.3 Å². The van der Waals surface area contributed by atoms with Crippen molar-refractivity contribution >= 4 is 5.82 Å². The Kier molecular flexibility index (Phi) is 3.77. The molecular weight excluding hydrogens is 272 g/mol. The largest absolute Gasteiger partial charge is 0.354 e. The van der Waals surface area contributed by atoms with E-state index < -0.39 is 0 Å². The van der Waals surface area contributed by atoms with Crippen molar-refractivity contribution in [2.75, 3.05) is 31.1 Å². The van der Waals surface area contributed by atoms with E-state index in [4.69, 9.17) is 9.97 Å². The molecule has 0 unspecified atom stereocenters. The van der Waals surface area contributed by atoms with Gasteiger partial charge >= 0.3 is 0 Å². The highest BCUT2D eigenvalue weighted by Gasteiger charge is 2.23. The molecule has 1 aliphatic carbocycles. The highest BCUT2D eigenvalue weighted by atomic mass is 15.2. The van der Waals surface area contributed by atoms with Gasteiger partial charge in [0.15, 0.2) is 5.82 Å². The molecule has 1 fully saturated rings. The standard InChI is InChI=1S/C18H22N4/c1-2-6-14(7-3-1)17-20-16-9-5-4-8-15(16)18(21-17)22-12-10-19-11-13-22/h1-3,6-7,19H,4-5,8-13H2. The van der Waals surface area contributed by atoms with Gasteiger partial charge in [-0.05, 0) is 25.7 Å². The molecule has 2 aromatic rings. The van der Waals surface area contributed by atoms with Gasteiger partial charge in [-0.3, -0.25) is 0 Å². The first-order chi connectivity index (χ1) is 10.9. The van der Waals surface area contributed by atoms with Crippen LogP contribution >= 0.6 is 0 Å². The number of hydrogen-bond donors (Lipinski definition) is 1. The second-order valence-electron chi connectivity index (χ2n) is 6.11. The second-order valence-corrected chi connectivity index (χ2v) is 6.11. The Morgan fingerprint density at radius 2 is 1.68 bits per heavy atom. The molecule has 22 heavy (non-hydrogen) atoms. The molecule has 1 aromatic carbocycles. The third-order valence-electron chi connectivity index (χ3n) is 4.61. The predicted octanol–water partition coefficient (Wildman–Crippen LogP) is 2.43. The van der Waals surface area contributed by atoms with Gasteiger partial charge in [0.25, 0.3) is 0 Å². The van der Waals surface area contributed by atoms with Crippen LogP contribution in [0.5, 0.6) is 0 Å². The summed E-state index contributed by atoms with van der Waals surface area (Å²) in [5.41, 5.74) is 3.79. The van der Waals surface area contributed by atoms with Crippen LogP contribution in [0.2, 0.25) is 0 Å². The van der Waals surface area contributed by atoms with E-state index in [9.17, 15) is 0 Å². The van der Waals surface area contributed by atoms with Crippen molar-refractivity contribution in [3.63, 3.8) is 0 Å². The van der Waals surface area contributed by atoms with Gasteiger partial charge < -0.3 is 10.2 Å². The van der Waals surface area contributed by atoms with Gasteiger partial charge in [-0.15, -0.1) is 0 Å². The van der Waals surface area contributed by atoms with E-state index in [0.29, 0.717) is 0 Å². The number of anilines is 1. The molecule has 1 aromatic heterocycles. The Morgan fingerprint density at radius 3 is 2.50 bits per heavy atom. The van der Waals surface area contributed by atoms with Gasteiger partial charge in [0, 0.05) is 43.0 Å². The van der Waals surface area contributed by atoms with Crippen LogP contribution in [0.25, 0.3) is 11.4 Å². The molecule has 0 saturated carbocycles. The van der Waals surface area contributed by atoms with Gasteiger partial charge in [-0.25, -0.2) is 9.97 Å². The van der Waals surface area contributed by atoms with Crippen LogP contribution in [-0.4, -0.2) is 36.1 Å². The molecule has 1 saturated heterocycles. The predicted molar refractivity (Wildman–Crippen MR) is 89.2 cm³/mol. The van der Waals surface area contributed by atoms with Crippen molar-refractivity contribution in [1.29, 1.82) is 0 Å². The van der Waals surface area contributed by atoms with Crippen molar-refractivity contribution in [2.45, 2.75) is 25.7 Å². The molecule has 4 rings (SSSR count). The van der Waals surface area contributed by atoms with Gasteiger partial charge in [-0.2, -0.15) is 0 Å². The number of benzene rings is 1. The summed E-state index contributed by atoms with van der Waals surface area (Å²) in [5, 5.41) is 3.43. The Balaban J connectivity index is 1.80. The number of aromatic nitrogens is 2. The van der Waals surface area contributed by atoms with Crippen LogP contribution in [-0.2, 0) is 12.8 Å². The van der Waals surface area contributed by atoms with E-state index in [1.807, 2.05) is 6.07 Å². The molecule has 1 aliphatic heterocycles. The molecule has 1 N–H and O–H groups in total. The number of nitrogens with one attached hydrogen (secondary N) is 1. The van der Waals surface area contributed by atoms with Crippen molar-refractivity contribution < 1.29 is 0 Å². The maximum atomic E-state index is 4.97. The molecule has 0 radical (unpaired) electrons. The Morgan fingerprint density at radius 1 is 0.909 bits per heavy atom. The van der Waals surface area contributed by atoms with Gasteiger partial charge in [-0.1, -0.05) is 30.3 Å². The minimum Gasteiger partial charge on any atom is -0.354 e. The summed E-state index contributed by atoms with van der Waals surface area (Å²) < 4.78 is 0. The molecule has 0 spiro atoms. The molecule has 4 nitrogen and oxygen atoms in total. The number of hydrogen-bond acceptors (Lipinski definition) is 4. The molecule has 114 valence electrons. The van der Waals surface area contributed by atoms with Crippen molar-refractivity contribution in [3.05, 3.63) is 41.6 Å². The highest BCUT2D eigenvalue weighted by Crippen LogP contribution is 2.30. The Labute approximate surface area is 131 Å². The molecule has 4 heteroatoms. The number of rotatable bonds is 2. The maximum absolute atomic E-state index is 4.97. The number of fused-ring (bicyclic) bond motifs is 1. The summed E-state index contributed by atoms with van der Waals surface area (Å²) in [6.07, 6.45) is 4.74. The smallest absolute Gasteiger partial charge is 0.161 e. The average molecular weight is 294 g/mol. The quantitative estimate of drug-likeness (QED) is 0.923. The zero-order valence-corrected chi connectivity index (χ0v) is 12.9. The SMILES string of the molecule is c1ccc(-c2nc3c(c(N4CCNCC4)n2)CCCC3)cc1. The molecular formula is C18H22N4. The number of nitrogens with zero attached hydrogens (tertiary/aromatic N) is 3. The van der Waals surface area contributed by atoms with E-state index in [2.05, 4.69) is 34.5 Å². The summed E-state index contributed by atoms with van der Waals surface area (Å²) in [5.74, 6) is 2.07. The molecule has 0 bridgehead atoms. The lowest BCUT2D eigenvalue weighted by atomic mass is 9.95. The first-order valence-corrected chi connectivity index (χ1v) is 8.33.